The summed E-state index contributed by atoms with van der Waals surface area (Å²) in [5.74, 6) is -1.35. The number of ether oxygens (including phenoxy) is 1. The molecule has 3 rings (SSSR count). The molecule has 0 fully saturated rings. The molecular formula is C25H29N3O6. The van der Waals surface area contributed by atoms with Crippen molar-refractivity contribution in [2.75, 3.05) is 37.7 Å². The quantitative estimate of drug-likeness (QED) is 0.303. The minimum atomic E-state index is -1.35. The number of nitro groups is 1. The predicted octanol–water partition coefficient (Wildman–Crippen LogP) is 4.83. The summed E-state index contributed by atoms with van der Waals surface area (Å²) in [5, 5.41) is 20.6. The second-order valence-electron chi connectivity index (χ2n) is 7.97. The number of carbonyl (C=O) groups excluding carboxylic acids is 1. The summed E-state index contributed by atoms with van der Waals surface area (Å²) in [5.41, 5.74) is 2.04. The van der Waals surface area contributed by atoms with Gasteiger partial charge in [0.25, 0.3) is 5.69 Å². The number of amides is 1. The maximum atomic E-state index is 12.6. The molecule has 0 saturated heterocycles. The fraction of sp³-hybridized carbons (Fsp3) is 0.360. The van der Waals surface area contributed by atoms with Crippen LogP contribution in [0, 0.1) is 10.1 Å². The van der Waals surface area contributed by atoms with Crippen molar-refractivity contribution in [3.8, 4) is 0 Å². The van der Waals surface area contributed by atoms with Gasteiger partial charge in [-0.3, -0.25) is 19.9 Å². The summed E-state index contributed by atoms with van der Waals surface area (Å²) in [6.45, 7) is 4.70. The van der Waals surface area contributed by atoms with Crippen molar-refractivity contribution in [1.29, 1.82) is 0 Å². The van der Waals surface area contributed by atoms with Crippen LogP contribution in [-0.4, -0.2) is 59.8 Å². The van der Waals surface area contributed by atoms with Crippen molar-refractivity contribution in [2.45, 2.75) is 26.2 Å². The summed E-state index contributed by atoms with van der Waals surface area (Å²) >= 11 is 0. The molecule has 1 heterocycles. The smallest absolute Gasteiger partial charge is 0.414 e. The van der Waals surface area contributed by atoms with E-state index in [0.717, 1.165) is 38.5 Å². The minimum Gasteiger partial charge on any atom is -0.478 e. The molecule has 34 heavy (non-hydrogen) atoms. The van der Waals surface area contributed by atoms with Gasteiger partial charge in [-0.25, -0.2) is 9.59 Å². The maximum absolute atomic E-state index is 12.6. The van der Waals surface area contributed by atoms with Crippen LogP contribution in [0.15, 0.2) is 54.6 Å². The third-order valence-electron chi connectivity index (χ3n) is 5.74. The number of benzene rings is 2. The summed E-state index contributed by atoms with van der Waals surface area (Å²) in [6.07, 6.45) is 3.98. The number of hydrogen-bond donors (Lipinski definition) is 1. The van der Waals surface area contributed by atoms with Gasteiger partial charge in [0, 0.05) is 31.8 Å². The molecule has 0 aliphatic carbocycles. The van der Waals surface area contributed by atoms with E-state index in [9.17, 15) is 24.8 Å². The van der Waals surface area contributed by atoms with Gasteiger partial charge in [-0.2, -0.15) is 0 Å². The molecule has 2 aromatic carbocycles. The molecular weight excluding hydrogens is 438 g/mol. The monoisotopic (exact) mass is 467 g/mol. The van der Waals surface area contributed by atoms with Gasteiger partial charge in [0.05, 0.1) is 22.8 Å². The van der Waals surface area contributed by atoms with E-state index in [1.165, 1.54) is 28.2 Å². The Hall–Kier alpha value is -3.72. The predicted molar refractivity (Wildman–Crippen MR) is 129 cm³/mol. The molecule has 9 heteroatoms. The van der Waals surface area contributed by atoms with Gasteiger partial charge >= 0.3 is 12.1 Å². The van der Waals surface area contributed by atoms with Crippen LogP contribution in [0.1, 0.15) is 42.1 Å². The molecule has 0 bridgehead atoms. The van der Waals surface area contributed by atoms with Gasteiger partial charge in [-0.1, -0.05) is 36.4 Å². The maximum Gasteiger partial charge on any atom is 0.414 e. The highest BCUT2D eigenvalue weighted by molar-refractivity contribution is 6.00. The lowest BCUT2D eigenvalue weighted by atomic mass is 9.99. The topological polar surface area (TPSA) is 113 Å². The lowest BCUT2D eigenvalue weighted by molar-refractivity contribution is -0.384. The highest BCUT2D eigenvalue weighted by Gasteiger charge is 2.25. The number of non-ortho nitro benzene ring substituents is 1. The van der Waals surface area contributed by atoms with Gasteiger partial charge < -0.3 is 9.84 Å². The van der Waals surface area contributed by atoms with Crippen LogP contribution in [0.2, 0.25) is 0 Å². The number of carbonyl (C=O) groups is 2. The van der Waals surface area contributed by atoms with E-state index in [0.29, 0.717) is 6.42 Å². The molecule has 0 atom stereocenters. The van der Waals surface area contributed by atoms with Crippen LogP contribution in [0.5, 0.6) is 0 Å². The van der Waals surface area contributed by atoms with Crippen molar-refractivity contribution in [2.24, 2.45) is 0 Å². The largest absolute Gasteiger partial charge is 0.478 e. The first-order valence-corrected chi connectivity index (χ1v) is 11.3. The summed E-state index contributed by atoms with van der Waals surface area (Å²) in [7, 11) is 0. The summed E-state index contributed by atoms with van der Waals surface area (Å²) < 4.78 is 5.11. The zero-order chi connectivity index (χ0) is 24.5. The van der Waals surface area contributed by atoms with Crippen LogP contribution in [0.3, 0.4) is 0 Å². The molecule has 180 valence electrons. The second-order valence-corrected chi connectivity index (χ2v) is 7.97. The van der Waals surface area contributed by atoms with Crippen molar-refractivity contribution in [3.63, 3.8) is 0 Å². The van der Waals surface area contributed by atoms with Crippen LogP contribution < -0.4 is 4.90 Å². The third kappa shape index (κ3) is 6.41. The zero-order valence-electron chi connectivity index (χ0n) is 19.2. The van der Waals surface area contributed by atoms with Gasteiger partial charge in [0.1, 0.15) is 0 Å². The van der Waals surface area contributed by atoms with Gasteiger partial charge in [-0.05, 0) is 49.9 Å². The lowest BCUT2D eigenvalue weighted by Gasteiger charge is -2.27. The Bertz CT molecular complexity index is 1050. The average Bonchev–Trinajstić information content (AvgIpc) is 2.84. The van der Waals surface area contributed by atoms with Crippen LogP contribution in [0.4, 0.5) is 16.2 Å². The van der Waals surface area contributed by atoms with E-state index in [1.54, 1.807) is 6.92 Å². The Morgan fingerprint density at radius 1 is 1.18 bits per heavy atom. The molecule has 1 aliphatic heterocycles. The molecule has 2 aromatic rings. The molecule has 0 unspecified atom stereocenters. The number of hydrogen-bond acceptors (Lipinski definition) is 6. The highest BCUT2D eigenvalue weighted by atomic mass is 16.6. The van der Waals surface area contributed by atoms with E-state index >= 15 is 0 Å². The van der Waals surface area contributed by atoms with Crippen molar-refractivity contribution < 1.29 is 24.4 Å². The number of aromatic carboxylic acids is 1. The first kappa shape index (κ1) is 24.9. The Kier molecular flexibility index (Phi) is 8.75. The Balaban J connectivity index is 1.61. The average molecular weight is 468 g/mol. The molecule has 0 spiro atoms. The number of carboxylic acid groups (broad SMARTS) is 1. The number of unbranched alkanes of at least 4 members (excludes halogenated alkanes) is 1. The first-order valence-electron chi connectivity index (χ1n) is 11.3. The summed E-state index contributed by atoms with van der Waals surface area (Å²) in [4.78, 5) is 38.3. The normalized spacial score (nSPS) is 13.7. The first-order chi connectivity index (χ1) is 16.4. The fourth-order valence-corrected chi connectivity index (χ4v) is 3.99. The number of rotatable bonds is 10. The number of anilines is 1. The van der Waals surface area contributed by atoms with E-state index in [1.807, 2.05) is 18.2 Å². The summed E-state index contributed by atoms with van der Waals surface area (Å²) in [6, 6.07) is 13.8. The van der Waals surface area contributed by atoms with E-state index in [-0.39, 0.29) is 30.1 Å². The number of carboxylic acids is 1. The zero-order valence-corrected chi connectivity index (χ0v) is 19.2. The Morgan fingerprint density at radius 3 is 2.56 bits per heavy atom. The van der Waals surface area contributed by atoms with E-state index in [4.69, 9.17) is 4.74 Å². The van der Waals surface area contributed by atoms with Crippen molar-refractivity contribution >= 4 is 29.0 Å². The third-order valence-corrected chi connectivity index (χ3v) is 5.74. The van der Waals surface area contributed by atoms with Gasteiger partial charge in [0.2, 0.25) is 0 Å². The highest BCUT2D eigenvalue weighted by Crippen LogP contribution is 2.27. The van der Waals surface area contributed by atoms with Crippen LogP contribution in [-0.2, 0) is 4.74 Å². The molecule has 1 aliphatic rings. The van der Waals surface area contributed by atoms with Crippen LogP contribution >= 0.6 is 0 Å². The van der Waals surface area contributed by atoms with E-state index < -0.39 is 17.0 Å². The molecule has 1 N–H and O–H groups in total. The molecule has 1 amide bonds. The number of nitro benzene ring substituents is 1. The SMILES string of the molecule is CCOC(=O)N(CCCCN1CC=C(c2ccccc2)CC1)c1ccc([N+](=O)[O-])cc1C(=O)O. The Labute approximate surface area is 198 Å². The lowest BCUT2D eigenvalue weighted by Crippen LogP contribution is -2.35. The molecule has 0 radical (unpaired) electrons. The standard InChI is InChI=1S/C25H29N3O6/c1-2-34-25(31)27(23-11-10-21(28(32)33)18-22(23)24(29)30)15-7-6-14-26-16-12-20(13-17-26)19-8-4-3-5-9-19/h3-5,8-12,18H,2,6-7,13-17H2,1H3,(H,29,30). The molecule has 0 saturated carbocycles. The van der Waals surface area contributed by atoms with Gasteiger partial charge in [-0.15, -0.1) is 0 Å². The van der Waals surface area contributed by atoms with Crippen molar-refractivity contribution in [3.05, 3.63) is 75.8 Å². The number of nitrogens with zero attached hydrogens (tertiary/aromatic N) is 3. The van der Waals surface area contributed by atoms with E-state index in [2.05, 4.69) is 23.1 Å². The van der Waals surface area contributed by atoms with Gasteiger partial charge in [0.15, 0.2) is 0 Å². The second kappa shape index (κ2) is 11.9. The molecule has 0 aromatic heterocycles. The van der Waals surface area contributed by atoms with Crippen LogP contribution in [0.25, 0.3) is 5.57 Å². The minimum absolute atomic E-state index is 0.0879. The van der Waals surface area contributed by atoms with Crippen molar-refractivity contribution in [1.82, 2.24) is 4.90 Å². The molecule has 9 nitrogen and oxygen atoms in total. The Morgan fingerprint density at radius 2 is 1.94 bits per heavy atom. The fourth-order valence-electron chi connectivity index (χ4n) is 3.99.